The van der Waals surface area contributed by atoms with E-state index in [2.05, 4.69) is 0 Å². The first kappa shape index (κ1) is 17.4. The Morgan fingerprint density at radius 1 is 0.720 bits per heavy atom. The number of furan rings is 1. The molecular weight excluding hydrogens is 316 g/mol. The summed E-state index contributed by atoms with van der Waals surface area (Å²) in [5.41, 5.74) is 2.19. The van der Waals surface area contributed by atoms with Gasteiger partial charge in [0.05, 0.1) is 19.8 Å². The summed E-state index contributed by atoms with van der Waals surface area (Å²) in [5.74, 6) is 1.18. The van der Waals surface area contributed by atoms with Crippen molar-refractivity contribution < 1.29 is 19.0 Å². The van der Waals surface area contributed by atoms with E-state index >= 15 is 0 Å². The Morgan fingerprint density at radius 2 is 1.32 bits per heavy atom. The van der Waals surface area contributed by atoms with E-state index in [9.17, 15) is 5.11 Å². The van der Waals surface area contributed by atoms with Crippen LogP contribution in [0, 0.1) is 0 Å². The molecule has 0 saturated heterocycles. The first-order valence-electron chi connectivity index (χ1n) is 8.31. The van der Waals surface area contributed by atoms with Crippen LogP contribution in [0.25, 0.3) is 0 Å². The van der Waals surface area contributed by atoms with Gasteiger partial charge in [0.1, 0.15) is 24.2 Å². The average Bonchev–Trinajstić information content (AvgIpc) is 3.12. The largest absolute Gasteiger partial charge is 0.461 e. The molecule has 0 spiro atoms. The normalized spacial score (nSPS) is 12.2. The molecule has 1 atom stereocenters. The van der Waals surface area contributed by atoms with Crippen LogP contribution in [0.1, 0.15) is 28.8 Å². The van der Waals surface area contributed by atoms with E-state index < -0.39 is 6.10 Å². The zero-order chi connectivity index (χ0) is 17.3. The summed E-state index contributed by atoms with van der Waals surface area (Å²) in [7, 11) is 0. The summed E-state index contributed by atoms with van der Waals surface area (Å²) in [5, 5.41) is 10.2. The molecule has 3 rings (SSSR count). The van der Waals surface area contributed by atoms with Crippen LogP contribution in [0.15, 0.2) is 77.2 Å². The molecule has 1 unspecified atom stereocenters. The maximum absolute atomic E-state index is 10.2. The van der Waals surface area contributed by atoms with Crippen LogP contribution in [-0.2, 0) is 29.3 Å². The highest BCUT2D eigenvalue weighted by atomic mass is 16.5. The van der Waals surface area contributed by atoms with Gasteiger partial charge in [-0.25, -0.2) is 0 Å². The van der Waals surface area contributed by atoms with Gasteiger partial charge in [-0.15, -0.1) is 0 Å². The number of aliphatic hydroxyl groups is 1. The molecule has 0 aliphatic heterocycles. The minimum atomic E-state index is -0.786. The fraction of sp³-hybridized carbons (Fsp3) is 0.238. The summed E-state index contributed by atoms with van der Waals surface area (Å²) < 4.78 is 16.8. The Hall–Kier alpha value is -2.40. The molecule has 1 N–H and O–H groups in total. The molecule has 0 bridgehead atoms. The zero-order valence-electron chi connectivity index (χ0n) is 14.0. The third kappa shape index (κ3) is 5.57. The van der Waals surface area contributed by atoms with Gasteiger partial charge in [0, 0.05) is 0 Å². The van der Waals surface area contributed by atoms with Gasteiger partial charge in [0.15, 0.2) is 0 Å². The number of benzene rings is 2. The van der Waals surface area contributed by atoms with Gasteiger partial charge in [0.25, 0.3) is 0 Å². The van der Waals surface area contributed by atoms with E-state index in [1.54, 1.807) is 6.07 Å². The lowest BCUT2D eigenvalue weighted by molar-refractivity contribution is 0.0149. The van der Waals surface area contributed by atoms with Crippen LogP contribution in [0.4, 0.5) is 0 Å². The Balaban J connectivity index is 1.41. The van der Waals surface area contributed by atoms with Crippen molar-refractivity contribution in [3.63, 3.8) is 0 Å². The molecule has 4 heteroatoms. The van der Waals surface area contributed by atoms with E-state index in [0.717, 1.165) is 11.1 Å². The smallest absolute Gasteiger partial charge is 0.135 e. The lowest BCUT2D eigenvalue weighted by Gasteiger charge is -2.09. The molecule has 2 aromatic carbocycles. The summed E-state index contributed by atoms with van der Waals surface area (Å²) in [6, 6.07) is 23.4. The topological polar surface area (TPSA) is 51.8 Å². The second kappa shape index (κ2) is 9.18. The van der Waals surface area contributed by atoms with Gasteiger partial charge in [-0.3, -0.25) is 0 Å². The molecular formula is C21H22O4. The molecule has 4 nitrogen and oxygen atoms in total. The van der Waals surface area contributed by atoms with Crippen molar-refractivity contribution in [3.05, 3.63) is 95.4 Å². The lowest BCUT2D eigenvalue weighted by atomic mass is 10.2. The number of aliphatic hydroxyl groups excluding tert-OH is 1. The number of hydrogen-bond donors (Lipinski definition) is 1. The quantitative estimate of drug-likeness (QED) is 0.634. The van der Waals surface area contributed by atoms with Crippen LogP contribution in [0.3, 0.4) is 0 Å². The Labute approximate surface area is 147 Å². The van der Waals surface area contributed by atoms with E-state index in [1.807, 2.05) is 66.7 Å². The van der Waals surface area contributed by atoms with Crippen molar-refractivity contribution in [2.45, 2.75) is 25.9 Å². The monoisotopic (exact) mass is 338 g/mol. The molecule has 0 amide bonds. The highest BCUT2D eigenvalue weighted by molar-refractivity contribution is 5.14. The average molecular weight is 338 g/mol. The third-order valence-corrected chi connectivity index (χ3v) is 3.75. The maximum Gasteiger partial charge on any atom is 0.135 e. The van der Waals surface area contributed by atoms with Crippen LogP contribution < -0.4 is 0 Å². The van der Waals surface area contributed by atoms with Crippen molar-refractivity contribution >= 4 is 0 Å². The van der Waals surface area contributed by atoms with Crippen molar-refractivity contribution in [3.8, 4) is 0 Å². The van der Waals surface area contributed by atoms with Crippen LogP contribution >= 0.6 is 0 Å². The van der Waals surface area contributed by atoms with Crippen molar-refractivity contribution in [1.29, 1.82) is 0 Å². The zero-order valence-corrected chi connectivity index (χ0v) is 14.0. The van der Waals surface area contributed by atoms with Crippen LogP contribution in [0.2, 0.25) is 0 Å². The van der Waals surface area contributed by atoms with Crippen molar-refractivity contribution in [2.24, 2.45) is 0 Å². The first-order chi connectivity index (χ1) is 12.3. The summed E-state index contributed by atoms with van der Waals surface area (Å²) in [6.07, 6.45) is -0.786. The van der Waals surface area contributed by atoms with Crippen molar-refractivity contribution in [1.82, 2.24) is 0 Å². The van der Waals surface area contributed by atoms with Gasteiger partial charge >= 0.3 is 0 Å². The summed E-state index contributed by atoms with van der Waals surface area (Å²) in [6.45, 7) is 1.55. The van der Waals surface area contributed by atoms with E-state index in [-0.39, 0.29) is 6.61 Å². The standard InChI is InChI=1S/C21H22O4/c22-20(16-24-14-18-9-5-2-6-10-18)21-12-11-19(25-21)15-23-13-17-7-3-1-4-8-17/h1-12,20,22H,13-16H2. The molecule has 0 aliphatic carbocycles. The van der Waals surface area contributed by atoms with E-state index in [0.29, 0.717) is 31.3 Å². The van der Waals surface area contributed by atoms with Crippen LogP contribution in [-0.4, -0.2) is 11.7 Å². The second-order valence-electron chi connectivity index (χ2n) is 5.80. The fourth-order valence-corrected chi connectivity index (χ4v) is 2.44. The van der Waals surface area contributed by atoms with Gasteiger partial charge < -0.3 is 19.0 Å². The Kier molecular flexibility index (Phi) is 6.40. The van der Waals surface area contributed by atoms with E-state index in [4.69, 9.17) is 13.9 Å². The predicted octanol–water partition coefficient (Wildman–Crippen LogP) is 4.25. The van der Waals surface area contributed by atoms with Gasteiger partial charge in [0.2, 0.25) is 0 Å². The van der Waals surface area contributed by atoms with Crippen LogP contribution in [0.5, 0.6) is 0 Å². The second-order valence-corrected chi connectivity index (χ2v) is 5.80. The molecule has 0 saturated carbocycles. The third-order valence-electron chi connectivity index (χ3n) is 3.75. The van der Waals surface area contributed by atoms with Gasteiger partial charge in [-0.2, -0.15) is 0 Å². The highest BCUT2D eigenvalue weighted by Gasteiger charge is 2.13. The van der Waals surface area contributed by atoms with Crippen molar-refractivity contribution in [2.75, 3.05) is 6.61 Å². The molecule has 1 aromatic heterocycles. The molecule has 0 aliphatic rings. The summed E-state index contributed by atoms with van der Waals surface area (Å²) >= 11 is 0. The highest BCUT2D eigenvalue weighted by Crippen LogP contribution is 2.18. The molecule has 0 fully saturated rings. The summed E-state index contributed by atoms with van der Waals surface area (Å²) in [4.78, 5) is 0. The van der Waals surface area contributed by atoms with Gasteiger partial charge in [-0.1, -0.05) is 60.7 Å². The lowest BCUT2D eigenvalue weighted by Crippen LogP contribution is -2.06. The Bertz CT molecular complexity index is 737. The molecule has 3 aromatic rings. The number of rotatable bonds is 9. The maximum atomic E-state index is 10.2. The molecule has 25 heavy (non-hydrogen) atoms. The molecule has 0 radical (unpaired) electrons. The minimum absolute atomic E-state index is 0.187. The van der Waals surface area contributed by atoms with Gasteiger partial charge in [-0.05, 0) is 23.3 Å². The first-order valence-corrected chi connectivity index (χ1v) is 8.31. The SMILES string of the molecule is OC(COCc1ccccc1)c1ccc(COCc2ccccc2)o1. The molecule has 130 valence electrons. The van der Waals surface area contributed by atoms with E-state index in [1.165, 1.54) is 0 Å². The fourth-order valence-electron chi connectivity index (χ4n) is 2.44. The molecule has 1 heterocycles. The minimum Gasteiger partial charge on any atom is -0.461 e. The Morgan fingerprint density at radius 3 is 1.96 bits per heavy atom. The number of ether oxygens (including phenoxy) is 2. The number of hydrogen-bond acceptors (Lipinski definition) is 4. The predicted molar refractivity (Wildman–Crippen MR) is 94.7 cm³/mol.